The molecule has 1 aromatic rings. The highest BCUT2D eigenvalue weighted by molar-refractivity contribution is 5.95. The number of carbonyl (C=O) groups excluding carboxylic acids is 2. The van der Waals surface area contributed by atoms with Crippen LogP contribution in [0.1, 0.15) is 43.0 Å². The van der Waals surface area contributed by atoms with Gasteiger partial charge in [-0.2, -0.15) is 0 Å². The molecule has 0 radical (unpaired) electrons. The van der Waals surface area contributed by atoms with Crippen LogP contribution in [0.25, 0.3) is 0 Å². The van der Waals surface area contributed by atoms with E-state index in [-0.39, 0.29) is 17.8 Å². The summed E-state index contributed by atoms with van der Waals surface area (Å²) in [6.07, 6.45) is 4.18. The molecule has 2 rings (SSSR count). The van der Waals surface area contributed by atoms with Gasteiger partial charge in [0.05, 0.1) is 12.2 Å². The number of carbonyl (C=O) groups is 2. The minimum absolute atomic E-state index is 0.0542. The van der Waals surface area contributed by atoms with Crippen molar-refractivity contribution >= 4 is 17.6 Å². The van der Waals surface area contributed by atoms with Gasteiger partial charge in [-0.1, -0.05) is 18.9 Å². The number of esters is 1. The Morgan fingerprint density at radius 2 is 2.05 bits per heavy atom. The van der Waals surface area contributed by atoms with Crippen molar-refractivity contribution in [3.05, 3.63) is 29.8 Å². The fourth-order valence-corrected chi connectivity index (χ4v) is 2.37. The second kappa shape index (κ2) is 6.36. The topological polar surface area (TPSA) is 55.4 Å². The Morgan fingerprint density at radius 1 is 1.32 bits per heavy atom. The third kappa shape index (κ3) is 3.56. The maximum Gasteiger partial charge on any atom is 0.338 e. The highest BCUT2D eigenvalue weighted by atomic mass is 16.5. The van der Waals surface area contributed by atoms with Gasteiger partial charge < -0.3 is 10.1 Å². The van der Waals surface area contributed by atoms with Gasteiger partial charge in [0.25, 0.3) is 0 Å². The minimum Gasteiger partial charge on any atom is -0.462 e. The number of nitrogens with one attached hydrogen (secondary N) is 1. The first kappa shape index (κ1) is 13.6. The summed E-state index contributed by atoms with van der Waals surface area (Å²) in [6, 6.07) is 6.88. The normalized spacial score (nSPS) is 15.2. The van der Waals surface area contributed by atoms with E-state index < -0.39 is 0 Å². The van der Waals surface area contributed by atoms with Gasteiger partial charge in [-0.15, -0.1) is 0 Å². The molecule has 0 unspecified atom stereocenters. The highest BCUT2D eigenvalue weighted by Gasteiger charge is 2.22. The zero-order valence-corrected chi connectivity index (χ0v) is 11.1. The molecule has 1 N–H and O–H groups in total. The molecular formula is C15H19NO3. The summed E-state index contributed by atoms with van der Waals surface area (Å²) in [5, 5.41) is 2.87. The van der Waals surface area contributed by atoms with Crippen LogP contribution < -0.4 is 5.32 Å². The lowest BCUT2D eigenvalue weighted by atomic mass is 10.1. The first-order valence-electron chi connectivity index (χ1n) is 6.78. The van der Waals surface area contributed by atoms with Crippen LogP contribution >= 0.6 is 0 Å². The second-order valence-electron chi connectivity index (χ2n) is 4.77. The lowest BCUT2D eigenvalue weighted by Gasteiger charge is -2.11. The number of ether oxygens (including phenoxy) is 1. The van der Waals surface area contributed by atoms with E-state index in [2.05, 4.69) is 5.32 Å². The van der Waals surface area contributed by atoms with Crippen LogP contribution in [0.3, 0.4) is 0 Å². The number of hydrogen-bond donors (Lipinski definition) is 1. The third-order valence-corrected chi connectivity index (χ3v) is 3.37. The summed E-state index contributed by atoms with van der Waals surface area (Å²) < 4.78 is 4.94. The Kier molecular flexibility index (Phi) is 4.55. The van der Waals surface area contributed by atoms with Crippen molar-refractivity contribution in [1.82, 2.24) is 0 Å². The van der Waals surface area contributed by atoms with Crippen molar-refractivity contribution < 1.29 is 14.3 Å². The Bertz CT molecular complexity index is 464. The van der Waals surface area contributed by atoms with Gasteiger partial charge in [0, 0.05) is 11.6 Å². The molecule has 0 atom stereocenters. The van der Waals surface area contributed by atoms with Crippen LogP contribution in [0.2, 0.25) is 0 Å². The Labute approximate surface area is 113 Å². The molecule has 0 aromatic heterocycles. The average molecular weight is 261 g/mol. The third-order valence-electron chi connectivity index (χ3n) is 3.37. The number of rotatable bonds is 4. The van der Waals surface area contributed by atoms with Gasteiger partial charge in [0.15, 0.2) is 0 Å². The van der Waals surface area contributed by atoms with E-state index in [1.807, 2.05) is 0 Å². The predicted octanol–water partition coefficient (Wildman–Crippen LogP) is 2.99. The zero-order chi connectivity index (χ0) is 13.7. The quantitative estimate of drug-likeness (QED) is 0.848. The molecule has 1 aliphatic carbocycles. The summed E-state index contributed by atoms with van der Waals surface area (Å²) in [7, 11) is 0. The van der Waals surface area contributed by atoms with Crippen LogP contribution in [-0.4, -0.2) is 18.5 Å². The molecule has 1 amide bonds. The standard InChI is InChI=1S/C15H19NO3/c1-2-19-15(18)12-8-5-9-13(10-12)16-14(17)11-6-3-4-7-11/h5,8-11H,2-4,6-7H2,1H3,(H,16,17). The van der Waals surface area contributed by atoms with Gasteiger partial charge in [-0.25, -0.2) is 4.79 Å². The van der Waals surface area contributed by atoms with E-state index in [4.69, 9.17) is 4.74 Å². The Morgan fingerprint density at radius 3 is 2.74 bits per heavy atom. The molecule has 1 fully saturated rings. The molecule has 19 heavy (non-hydrogen) atoms. The number of benzene rings is 1. The van der Waals surface area contributed by atoms with E-state index >= 15 is 0 Å². The Balaban J connectivity index is 2.02. The first-order valence-corrected chi connectivity index (χ1v) is 6.78. The molecule has 0 aliphatic heterocycles. The summed E-state index contributed by atoms with van der Waals surface area (Å²) in [4.78, 5) is 23.6. The van der Waals surface area contributed by atoms with Gasteiger partial charge >= 0.3 is 5.97 Å². The van der Waals surface area contributed by atoms with Gasteiger partial charge in [0.2, 0.25) is 5.91 Å². The van der Waals surface area contributed by atoms with Crippen molar-refractivity contribution in [2.75, 3.05) is 11.9 Å². The smallest absolute Gasteiger partial charge is 0.338 e. The van der Waals surface area contributed by atoms with E-state index in [1.165, 1.54) is 0 Å². The average Bonchev–Trinajstić information content (AvgIpc) is 2.93. The fourth-order valence-electron chi connectivity index (χ4n) is 2.37. The minimum atomic E-state index is -0.362. The molecule has 4 nitrogen and oxygen atoms in total. The highest BCUT2D eigenvalue weighted by Crippen LogP contribution is 2.26. The van der Waals surface area contributed by atoms with E-state index in [1.54, 1.807) is 31.2 Å². The van der Waals surface area contributed by atoms with Crippen LogP contribution in [0, 0.1) is 5.92 Å². The van der Waals surface area contributed by atoms with Crippen molar-refractivity contribution in [2.45, 2.75) is 32.6 Å². The van der Waals surface area contributed by atoms with Crippen LogP contribution in [-0.2, 0) is 9.53 Å². The fraction of sp³-hybridized carbons (Fsp3) is 0.467. The number of amides is 1. The van der Waals surface area contributed by atoms with Gasteiger partial charge in [-0.3, -0.25) is 4.79 Å². The largest absolute Gasteiger partial charge is 0.462 e. The molecule has 1 aromatic carbocycles. The van der Waals surface area contributed by atoms with E-state index in [9.17, 15) is 9.59 Å². The molecule has 1 aliphatic rings. The van der Waals surface area contributed by atoms with E-state index in [0.717, 1.165) is 25.7 Å². The molecule has 1 saturated carbocycles. The molecule has 0 heterocycles. The van der Waals surface area contributed by atoms with Crippen molar-refractivity contribution in [2.24, 2.45) is 5.92 Å². The Hall–Kier alpha value is -1.84. The molecule has 102 valence electrons. The van der Waals surface area contributed by atoms with E-state index in [0.29, 0.717) is 17.9 Å². The van der Waals surface area contributed by atoms with Crippen LogP contribution in [0.15, 0.2) is 24.3 Å². The number of hydrogen-bond acceptors (Lipinski definition) is 3. The van der Waals surface area contributed by atoms with Crippen molar-refractivity contribution in [3.63, 3.8) is 0 Å². The van der Waals surface area contributed by atoms with Crippen LogP contribution in [0.5, 0.6) is 0 Å². The summed E-state index contributed by atoms with van der Waals surface area (Å²) in [5.74, 6) is -0.191. The summed E-state index contributed by atoms with van der Waals surface area (Å²) >= 11 is 0. The first-order chi connectivity index (χ1) is 9.20. The summed E-state index contributed by atoms with van der Waals surface area (Å²) in [5.41, 5.74) is 1.12. The predicted molar refractivity (Wildman–Crippen MR) is 73.0 cm³/mol. The molecular weight excluding hydrogens is 242 g/mol. The molecule has 4 heteroatoms. The maximum atomic E-state index is 12.0. The van der Waals surface area contributed by atoms with Gasteiger partial charge in [-0.05, 0) is 38.0 Å². The lowest BCUT2D eigenvalue weighted by molar-refractivity contribution is -0.119. The van der Waals surface area contributed by atoms with Crippen LogP contribution in [0.4, 0.5) is 5.69 Å². The maximum absolute atomic E-state index is 12.0. The summed E-state index contributed by atoms with van der Waals surface area (Å²) in [6.45, 7) is 2.11. The van der Waals surface area contributed by atoms with Gasteiger partial charge in [0.1, 0.15) is 0 Å². The molecule has 0 saturated heterocycles. The molecule has 0 spiro atoms. The monoisotopic (exact) mass is 261 g/mol. The second-order valence-corrected chi connectivity index (χ2v) is 4.77. The SMILES string of the molecule is CCOC(=O)c1cccc(NC(=O)C2CCCC2)c1. The van der Waals surface area contributed by atoms with Crippen molar-refractivity contribution in [3.8, 4) is 0 Å². The zero-order valence-electron chi connectivity index (χ0n) is 11.1. The molecule has 0 bridgehead atoms. The number of anilines is 1. The van der Waals surface area contributed by atoms with Crippen molar-refractivity contribution in [1.29, 1.82) is 0 Å². The lowest BCUT2D eigenvalue weighted by Crippen LogP contribution is -2.20.